The number of benzene rings is 2. The highest BCUT2D eigenvalue weighted by atomic mass is 35.5. The Morgan fingerprint density at radius 1 is 1.12 bits per heavy atom. The van der Waals surface area contributed by atoms with Gasteiger partial charge in [-0.25, -0.2) is 4.79 Å². The smallest absolute Gasteiger partial charge is 0.322 e. The third kappa shape index (κ3) is 4.17. The van der Waals surface area contributed by atoms with Crippen molar-refractivity contribution < 1.29 is 9.32 Å². The van der Waals surface area contributed by atoms with Crippen molar-refractivity contribution in [3.05, 3.63) is 99.3 Å². The number of allylic oxidation sites excluding steroid dienone is 1. The van der Waals surface area contributed by atoms with E-state index >= 15 is 0 Å². The van der Waals surface area contributed by atoms with Crippen LogP contribution in [0.1, 0.15) is 35.5 Å². The van der Waals surface area contributed by atoms with Crippen molar-refractivity contribution in [1.29, 1.82) is 0 Å². The molecule has 0 spiro atoms. The first-order valence-electron chi connectivity index (χ1n) is 10.5. The number of nitrogens with zero attached hydrogens (tertiary/aromatic N) is 3. The molecule has 4 aromatic rings. The van der Waals surface area contributed by atoms with E-state index in [4.69, 9.17) is 16.1 Å². The van der Waals surface area contributed by atoms with Gasteiger partial charge < -0.3 is 9.84 Å². The highest BCUT2D eigenvalue weighted by molar-refractivity contribution is 7.13. The van der Waals surface area contributed by atoms with Gasteiger partial charge in [0.25, 0.3) is 5.89 Å². The molecule has 8 heteroatoms. The number of hydrogen-bond donors (Lipinski definition) is 1. The number of carbonyl (C=O) groups is 1. The van der Waals surface area contributed by atoms with Gasteiger partial charge in [0.15, 0.2) is 0 Å². The molecule has 1 aliphatic heterocycles. The number of halogens is 1. The summed E-state index contributed by atoms with van der Waals surface area (Å²) < 4.78 is 5.71. The number of nitrogens with one attached hydrogen (secondary N) is 1. The van der Waals surface area contributed by atoms with Gasteiger partial charge in [0.05, 0.1) is 23.0 Å². The van der Waals surface area contributed by atoms with Crippen molar-refractivity contribution >= 4 is 34.5 Å². The van der Waals surface area contributed by atoms with E-state index in [1.54, 1.807) is 22.3 Å². The van der Waals surface area contributed by atoms with Crippen molar-refractivity contribution in [2.24, 2.45) is 0 Å². The molecular weight excluding hydrogens is 456 g/mol. The first kappa shape index (κ1) is 21.4. The van der Waals surface area contributed by atoms with E-state index in [1.165, 1.54) is 0 Å². The van der Waals surface area contributed by atoms with Crippen molar-refractivity contribution in [2.75, 3.05) is 0 Å². The number of aryl methyl sites for hydroxylation is 1. The van der Waals surface area contributed by atoms with E-state index in [9.17, 15) is 4.79 Å². The zero-order chi connectivity index (χ0) is 22.9. The average Bonchev–Trinajstić information content (AvgIpc) is 3.49. The first-order chi connectivity index (χ1) is 16.0. The highest BCUT2D eigenvalue weighted by Crippen LogP contribution is 2.38. The second-order valence-corrected chi connectivity index (χ2v) is 9.23. The molecule has 0 saturated heterocycles. The lowest BCUT2D eigenvalue weighted by Gasteiger charge is -2.35. The maximum Gasteiger partial charge on any atom is 0.322 e. The van der Waals surface area contributed by atoms with E-state index in [-0.39, 0.29) is 6.03 Å². The minimum atomic E-state index is -0.471. The van der Waals surface area contributed by atoms with Crippen LogP contribution in [0, 0.1) is 6.92 Å². The third-order valence-electron chi connectivity index (χ3n) is 5.77. The summed E-state index contributed by atoms with van der Waals surface area (Å²) in [7, 11) is 0. The monoisotopic (exact) mass is 476 g/mol. The predicted molar refractivity (Wildman–Crippen MR) is 130 cm³/mol. The maximum absolute atomic E-state index is 13.2. The molecule has 0 fully saturated rings. The Morgan fingerprint density at radius 2 is 1.97 bits per heavy atom. The summed E-state index contributed by atoms with van der Waals surface area (Å²) in [6.45, 7) is 4.39. The third-order valence-corrected chi connectivity index (χ3v) is 6.87. The lowest BCUT2D eigenvalue weighted by Crippen LogP contribution is -2.45. The second-order valence-electron chi connectivity index (χ2n) is 7.85. The Hall–Kier alpha value is -3.42. The van der Waals surface area contributed by atoms with Gasteiger partial charge in [0.2, 0.25) is 5.82 Å². The van der Waals surface area contributed by atoms with Gasteiger partial charge in [-0.15, -0.1) is 11.3 Å². The fourth-order valence-electron chi connectivity index (χ4n) is 3.98. The van der Waals surface area contributed by atoms with Gasteiger partial charge in [-0.05, 0) is 54.1 Å². The number of carbonyl (C=O) groups excluding carboxylic acids is 1. The van der Waals surface area contributed by atoms with Crippen LogP contribution in [0.5, 0.6) is 0 Å². The van der Waals surface area contributed by atoms with Crippen molar-refractivity contribution in [2.45, 2.75) is 26.4 Å². The van der Waals surface area contributed by atoms with Gasteiger partial charge in [-0.2, -0.15) is 4.98 Å². The van der Waals surface area contributed by atoms with Gasteiger partial charge in [-0.3, -0.25) is 4.90 Å². The average molecular weight is 477 g/mol. The van der Waals surface area contributed by atoms with Gasteiger partial charge >= 0.3 is 6.03 Å². The standard InChI is InChI=1S/C25H21ClN4O2S/c1-15-7-3-4-8-18(15)14-30-16(2)21(24-28-23(29-32-24)20-11-6-12-33-20)22(27-25(30)31)17-9-5-10-19(26)13-17/h3-13,22H,14H2,1-2H3,(H,27,31). The molecule has 5 rings (SSSR count). The topological polar surface area (TPSA) is 71.3 Å². The molecule has 33 heavy (non-hydrogen) atoms. The summed E-state index contributed by atoms with van der Waals surface area (Å²) in [4.78, 5) is 20.5. The SMILES string of the molecule is CC1=C(c2nc(-c3cccs3)no2)C(c2cccc(Cl)c2)NC(=O)N1Cc1ccccc1C. The Labute approximate surface area is 200 Å². The van der Waals surface area contributed by atoms with Crippen LogP contribution in [0.3, 0.4) is 0 Å². The molecule has 2 amide bonds. The Bertz CT molecular complexity index is 1350. The summed E-state index contributed by atoms with van der Waals surface area (Å²) in [5.74, 6) is 0.892. The van der Waals surface area contributed by atoms with E-state index < -0.39 is 6.04 Å². The fourth-order valence-corrected chi connectivity index (χ4v) is 4.83. The summed E-state index contributed by atoms with van der Waals surface area (Å²) in [6, 6.07) is 18.7. The van der Waals surface area contributed by atoms with Crippen molar-refractivity contribution in [1.82, 2.24) is 20.4 Å². The molecular formula is C25H21ClN4O2S. The molecule has 2 aromatic carbocycles. The molecule has 0 radical (unpaired) electrons. The molecule has 0 bridgehead atoms. The first-order valence-corrected chi connectivity index (χ1v) is 11.7. The second kappa shape index (κ2) is 8.84. The summed E-state index contributed by atoms with van der Waals surface area (Å²) in [5, 5.41) is 9.86. The van der Waals surface area contributed by atoms with Gasteiger partial charge in [0.1, 0.15) is 0 Å². The van der Waals surface area contributed by atoms with E-state index in [2.05, 4.69) is 15.5 Å². The van der Waals surface area contributed by atoms with Crippen LogP contribution in [-0.4, -0.2) is 21.1 Å². The molecule has 1 unspecified atom stereocenters. The number of aromatic nitrogens is 2. The Balaban J connectivity index is 1.62. The number of hydrogen-bond acceptors (Lipinski definition) is 5. The minimum Gasteiger partial charge on any atom is -0.334 e. The number of amides is 2. The maximum atomic E-state index is 13.2. The molecule has 2 aromatic heterocycles. The Kier molecular flexibility index (Phi) is 5.74. The molecule has 1 atom stereocenters. The van der Waals surface area contributed by atoms with E-state index in [0.29, 0.717) is 23.3 Å². The van der Waals surface area contributed by atoms with Gasteiger partial charge in [-0.1, -0.05) is 59.2 Å². The zero-order valence-electron chi connectivity index (χ0n) is 18.1. The number of rotatable bonds is 5. The van der Waals surface area contributed by atoms with Gasteiger partial charge in [0, 0.05) is 10.7 Å². The highest BCUT2D eigenvalue weighted by Gasteiger charge is 2.36. The van der Waals surface area contributed by atoms with Crippen LogP contribution < -0.4 is 5.32 Å². The van der Waals surface area contributed by atoms with Crippen LogP contribution in [0.25, 0.3) is 16.3 Å². The molecule has 0 saturated carbocycles. The van der Waals surface area contributed by atoms with Crippen LogP contribution in [0.4, 0.5) is 4.79 Å². The fraction of sp³-hybridized carbons (Fsp3) is 0.160. The van der Waals surface area contributed by atoms with Crippen LogP contribution in [0.15, 0.2) is 76.3 Å². The van der Waals surface area contributed by atoms with E-state index in [0.717, 1.165) is 32.8 Å². The minimum absolute atomic E-state index is 0.192. The van der Waals surface area contributed by atoms with Crippen LogP contribution in [-0.2, 0) is 6.54 Å². The number of urea groups is 1. The van der Waals surface area contributed by atoms with Crippen molar-refractivity contribution in [3.8, 4) is 10.7 Å². The normalized spacial score (nSPS) is 16.3. The summed E-state index contributed by atoms with van der Waals surface area (Å²) >= 11 is 7.81. The van der Waals surface area contributed by atoms with E-state index in [1.807, 2.05) is 73.8 Å². The zero-order valence-corrected chi connectivity index (χ0v) is 19.7. The van der Waals surface area contributed by atoms with Crippen LogP contribution >= 0.6 is 22.9 Å². The van der Waals surface area contributed by atoms with Crippen molar-refractivity contribution in [3.63, 3.8) is 0 Å². The van der Waals surface area contributed by atoms with Crippen LogP contribution in [0.2, 0.25) is 5.02 Å². The molecule has 3 heterocycles. The molecule has 0 aliphatic carbocycles. The molecule has 1 aliphatic rings. The largest absolute Gasteiger partial charge is 0.334 e. The molecule has 1 N–H and O–H groups in total. The quantitative estimate of drug-likeness (QED) is 0.359. The number of thiophene rings is 1. The summed E-state index contributed by atoms with van der Waals surface area (Å²) in [6.07, 6.45) is 0. The molecule has 6 nitrogen and oxygen atoms in total. The predicted octanol–water partition coefficient (Wildman–Crippen LogP) is 6.46. The Morgan fingerprint density at radius 3 is 2.73 bits per heavy atom. The summed E-state index contributed by atoms with van der Waals surface area (Å²) in [5.41, 5.74) is 4.54. The lowest BCUT2D eigenvalue weighted by atomic mass is 9.94. The lowest BCUT2D eigenvalue weighted by molar-refractivity contribution is 0.203. The molecule has 166 valence electrons.